The molecule has 1 rings (SSSR count). The standard InChI is InChI=1S/C12H18N4O3S/c1-8(7-20-3)15(2)12(17)9-4-5-10(14-13)11(6-9)16(18)19/h4-6,8,14H,7,13H2,1-3H3. The highest BCUT2D eigenvalue weighted by Crippen LogP contribution is 2.25. The Labute approximate surface area is 121 Å². The molecular weight excluding hydrogens is 280 g/mol. The third kappa shape index (κ3) is 3.61. The van der Waals surface area contributed by atoms with Gasteiger partial charge in [-0.3, -0.25) is 20.8 Å². The Hall–Kier alpha value is -1.80. The van der Waals surface area contributed by atoms with Crippen molar-refractivity contribution < 1.29 is 9.72 Å². The van der Waals surface area contributed by atoms with Gasteiger partial charge < -0.3 is 10.3 Å². The van der Waals surface area contributed by atoms with Gasteiger partial charge in [-0.1, -0.05) is 0 Å². The van der Waals surface area contributed by atoms with Crippen molar-refractivity contribution in [1.29, 1.82) is 0 Å². The van der Waals surface area contributed by atoms with Gasteiger partial charge in [0.15, 0.2) is 0 Å². The SMILES string of the molecule is CSCC(C)N(C)C(=O)c1ccc(NN)c([N+](=O)[O-])c1. The van der Waals surface area contributed by atoms with Crippen molar-refractivity contribution in [2.24, 2.45) is 5.84 Å². The van der Waals surface area contributed by atoms with Crippen LogP contribution < -0.4 is 11.3 Å². The van der Waals surface area contributed by atoms with Crippen molar-refractivity contribution >= 4 is 29.0 Å². The van der Waals surface area contributed by atoms with Crippen LogP contribution in [0.3, 0.4) is 0 Å². The molecule has 3 N–H and O–H groups in total. The van der Waals surface area contributed by atoms with Crippen LogP contribution in [-0.4, -0.2) is 40.8 Å². The predicted octanol–water partition coefficient (Wildman–Crippen LogP) is 1.70. The molecule has 0 radical (unpaired) electrons. The first-order valence-corrected chi connectivity index (χ1v) is 7.32. The summed E-state index contributed by atoms with van der Waals surface area (Å²) >= 11 is 1.64. The number of nitrogens with zero attached hydrogens (tertiary/aromatic N) is 2. The largest absolute Gasteiger partial charge is 0.338 e. The minimum absolute atomic E-state index is 0.0452. The Bertz CT molecular complexity index is 509. The van der Waals surface area contributed by atoms with Crippen LogP contribution in [-0.2, 0) is 0 Å². The Morgan fingerprint density at radius 2 is 2.25 bits per heavy atom. The van der Waals surface area contributed by atoms with Gasteiger partial charge in [0.2, 0.25) is 0 Å². The van der Waals surface area contributed by atoms with Crippen LogP contribution in [0.15, 0.2) is 18.2 Å². The molecule has 110 valence electrons. The highest BCUT2D eigenvalue weighted by molar-refractivity contribution is 7.98. The van der Waals surface area contributed by atoms with E-state index in [1.807, 2.05) is 13.2 Å². The summed E-state index contributed by atoms with van der Waals surface area (Å²) in [6.07, 6.45) is 1.96. The van der Waals surface area contributed by atoms with Crippen molar-refractivity contribution in [2.45, 2.75) is 13.0 Å². The molecule has 0 heterocycles. The van der Waals surface area contributed by atoms with Gasteiger partial charge in [0.25, 0.3) is 11.6 Å². The van der Waals surface area contributed by atoms with Crippen LogP contribution in [0.2, 0.25) is 0 Å². The van der Waals surface area contributed by atoms with E-state index in [0.29, 0.717) is 0 Å². The number of anilines is 1. The lowest BCUT2D eigenvalue weighted by Crippen LogP contribution is -2.36. The Balaban J connectivity index is 3.05. The zero-order chi connectivity index (χ0) is 15.3. The number of hydrogen-bond acceptors (Lipinski definition) is 6. The monoisotopic (exact) mass is 298 g/mol. The van der Waals surface area contributed by atoms with Crippen molar-refractivity contribution in [3.05, 3.63) is 33.9 Å². The number of hydrazine groups is 1. The summed E-state index contributed by atoms with van der Waals surface area (Å²) in [5, 5.41) is 10.9. The molecular formula is C12H18N4O3S. The lowest BCUT2D eigenvalue weighted by atomic mass is 10.1. The molecule has 0 aliphatic rings. The number of nitro benzene ring substituents is 1. The van der Waals surface area contributed by atoms with E-state index in [1.54, 1.807) is 23.7 Å². The molecule has 0 aromatic heterocycles. The van der Waals surface area contributed by atoms with E-state index in [0.717, 1.165) is 5.75 Å². The number of carbonyl (C=O) groups is 1. The van der Waals surface area contributed by atoms with Crippen molar-refractivity contribution in [3.63, 3.8) is 0 Å². The number of nitrogens with one attached hydrogen (secondary N) is 1. The first-order chi connectivity index (χ1) is 9.42. The van der Waals surface area contributed by atoms with Gasteiger partial charge in [0.05, 0.1) is 4.92 Å². The van der Waals surface area contributed by atoms with E-state index < -0.39 is 4.92 Å². The predicted molar refractivity (Wildman–Crippen MR) is 80.8 cm³/mol. The Morgan fingerprint density at radius 3 is 2.75 bits per heavy atom. The molecule has 7 nitrogen and oxygen atoms in total. The van der Waals surface area contributed by atoms with Crippen LogP contribution >= 0.6 is 11.8 Å². The third-order valence-corrected chi connectivity index (χ3v) is 3.80. The van der Waals surface area contributed by atoms with Crippen LogP contribution in [0.1, 0.15) is 17.3 Å². The average molecular weight is 298 g/mol. The molecule has 1 unspecified atom stereocenters. The number of hydrogen-bond donors (Lipinski definition) is 2. The Kier molecular flexibility index (Phi) is 5.78. The highest BCUT2D eigenvalue weighted by atomic mass is 32.2. The van der Waals surface area contributed by atoms with Gasteiger partial charge >= 0.3 is 0 Å². The summed E-state index contributed by atoms with van der Waals surface area (Å²) in [4.78, 5) is 24.2. The van der Waals surface area contributed by atoms with E-state index in [2.05, 4.69) is 5.43 Å². The average Bonchev–Trinajstić information content (AvgIpc) is 2.45. The molecule has 1 atom stereocenters. The molecule has 0 bridgehead atoms. The van der Waals surface area contributed by atoms with Gasteiger partial charge in [-0.15, -0.1) is 0 Å². The second kappa shape index (κ2) is 7.11. The molecule has 0 saturated carbocycles. The van der Waals surface area contributed by atoms with E-state index in [1.165, 1.54) is 18.2 Å². The molecule has 0 aliphatic carbocycles. The summed E-state index contributed by atoms with van der Waals surface area (Å²) < 4.78 is 0. The maximum Gasteiger partial charge on any atom is 0.294 e. The summed E-state index contributed by atoms with van der Waals surface area (Å²) in [5.74, 6) is 5.76. The number of rotatable bonds is 6. The number of nitrogen functional groups attached to an aromatic ring is 1. The van der Waals surface area contributed by atoms with Crippen molar-refractivity contribution in [2.75, 3.05) is 24.5 Å². The number of nitro groups is 1. The fourth-order valence-corrected chi connectivity index (χ4v) is 2.40. The number of thioether (sulfide) groups is 1. The summed E-state index contributed by atoms with van der Waals surface area (Å²) in [7, 11) is 1.68. The van der Waals surface area contributed by atoms with Crippen LogP contribution in [0.4, 0.5) is 11.4 Å². The Morgan fingerprint density at radius 1 is 1.60 bits per heavy atom. The molecule has 1 aromatic rings. The molecule has 8 heteroatoms. The fourth-order valence-electron chi connectivity index (χ4n) is 1.69. The molecule has 1 aromatic carbocycles. The van der Waals surface area contributed by atoms with Gasteiger partial charge in [-0.2, -0.15) is 11.8 Å². The molecule has 20 heavy (non-hydrogen) atoms. The maximum absolute atomic E-state index is 12.3. The molecule has 0 fully saturated rings. The lowest BCUT2D eigenvalue weighted by molar-refractivity contribution is -0.384. The quantitative estimate of drug-likeness (QED) is 0.471. The normalized spacial score (nSPS) is 11.8. The van der Waals surface area contributed by atoms with Gasteiger partial charge in [-0.05, 0) is 25.3 Å². The first-order valence-electron chi connectivity index (χ1n) is 5.93. The topological polar surface area (TPSA) is 102 Å². The van der Waals surface area contributed by atoms with Crippen LogP contribution in [0, 0.1) is 10.1 Å². The maximum atomic E-state index is 12.3. The number of benzene rings is 1. The van der Waals surface area contributed by atoms with Gasteiger partial charge in [0, 0.05) is 30.5 Å². The summed E-state index contributed by atoms with van der Waals surface area (Å²) in [5.41, 5.74) is 2.47. The van der Waals surface area contributed by atoms with Gasteiger partial charge in [0.1, 0.15) is 5.69 Å². The molecule has 0 saturated heterocycles. The number of nitrogens with two attached hydrogens (primary N) is 1. The highest BCUT2D eigenvalue weighted by Gasteiger charge is 2.21. The van der Waals surface area contributed by atoms with Crippen molar-refractivity contribution in [3.8, 4) is 0 Å². The van der Waals surface area contributed by atoms with Gasteiger partial charge in [-0.25, -0.2) is 0 Å². The molecule has 1 amide bonds. The number of carbonyl (C=O) groups excluding carboxylic acids is 1. The molecule has 0 spiro atoms. The second-order valence-electron chi connectivity index (χ2n) is 4.35. The minimum atomic E-state index is -0.572. The zero-order valence-electron chi connectivity index (χ0n) is 11.6. The summed E-state index contributed by atoms with van der Waals surface area (Å²) in [6.45, 7) is 1.93. The second-order valence-corrected chi connectivity index (χ2v) is 5.26. The summed E-state index contributed by atoms with van der Waals surface area (Å²) in [6, 6.07) is 4.23. The smallest absolute Gasteiger partial charge is 0.294 e. The van der Waals surface area contributed by atoms with Crippen LogP contribution in [0.25, 0.3) is 0 Å². The van der Waals surface area contributed by atoms with E-state index in [-0.39, 0.29) is 28.9 Å². The third-order valence-electron chi connectivity index (χ3n) is 2.99. The fraction of sp³-hybridized carbons (Fsp3) is 0.417. The van der Waals surface area contributed by atoms with Crippen LogP contribution in [0.5, 0.6) is 0 Å². The molecule has 0 aliphatic heterocycles. The van der Waals surface area contributed by atoms with E-state index in [9.17, 15) is 14.9 Å². The lowest BCUT2D eigenvalue weighted by Gasteiger charge is -2.24. The van der Waals surface area contributed by atoms with E-state index in [4.69, 9.17) is 5.84 Å². The van der Waals surface area contributed by atoms with Crippen molar-refractivity contribution in [1.82, 2.24) is 4.90 Å². The number of amides is 1. The van der Waals surface area contributed by atoms with E-state index >= 15 is 0 Å². The first kappa shape index (κ1) is 16.3. The zero-order valence-corrected chi connectivity index (χ0v) is 12.4. The minimum Gasteiger partial charge on any atom is -0.338 e.